The van der Waals surface area contributed by atoms with Gasteiger partial charge in [-0.1, -0.05) is 12.1 Å². The van der Waals surface area contributed by atoms with Gasteiger partial charge in [-0.2, -0.15) is 0 Å². The number of nitrogens with zero attached hydrogens (tertiary/aromatic N) is 2. The van der Waals surface area contributed by atoms with E-state index in [-0.39, 0.29) is 16.8 Å². The normalized spacial score (nSPS) is 13.3. The van der Waals surface area contributed by atoms with Crippen LogP contribution in [0.1, 0.15) is 33.6 Å². The maximum atomic E-state index is 12.7. The smallest absolute Gasteiger partial charge is 0.338 e. The van der Waals surface area contributed by atoms with Gasteiger partial charge in [0.05, 0.1) is 29.0 Å². The molecule has 8 nitrogen and oxygen atoms in total. The Balaban J connectivity index is 1.91. The summed E-state index contributed by atoms with van der Waals surface area (Å²) in [7, 11) is 1.17. The Bertz CT molecular complexity index is 891. The van der Waals surface area contributed by atoms with Crippen molar-refractivity contribution < 1.29 is 19.2 Å². The molecule has 1 aliphatic heterocycles. The molecule has 0 unspecified atom stereocenters. The molecular weight excluding hydrogens is 350 g/mol. The Labute approximate surface area is 155 Å². The third-order valence-corrected chi connectivity index (χ3v) is 4.41. The van der Waals surface area contributed by atoms with Gasteiger partial charge in [-0.15, -0.1) is 0 Å². The van der Waals surface area contributed by atoms with E-state index >= 15 is 0 Å². The molecule has 2 aromatic carbocycles. The first-order chi connectivity index (χ1) is 13.0. The molecule has 27 heavy (non-hydrogen) atoms. The first-order valence-electron chi connectivity index (χ1n) is 8.52. The molecule has 3 rings (SSSR count). The van der Waals surface area contributed by atoms with Gasteiger partial charge >= 0.3 is 5.97 Å². The van der Waals surface area contributed by atoms with Crippen LogP contribution in [0.3, 0.4) is 0 Å². The van der Waals surface area contributed by atoms with Gasteiger partial charge in [-0.3, -0.25) is 14.9 Å². The average molecular weight is 369 g/mol. The lowest BCUT2D eigenvalue weighted by Crippen LogP contribution is -2.21. The van der Waals surface area contributed by atoms with E-state index in [2.05, 4.69) is 15.0 Å². The van der Waals surface area contributed by atoms with Crippen LogP contribution in [0.5, 0.6) is 0 Å². The molecule has 0 spiro atoms. The van der Waals surface area contributed by atoms with E-state index in [1.807, 2.05) is 18.2 Å². The third-order valence-electron chi connectivity index (χ3n) is 4.41. The highest BCUT2D eigenvalue weighted by molar-refractivity contribution is 6.07. The van der Waals surface area contributed by atoms with Crippen molar-refractivity contribution in [3.05, 3.63) is 63.7 Å². The molecule has 0 atom stereocenters. The number of carbonyl (C=O) groups excluding carboxylic acids is 2. The van der Waals surface area contributed by atoms with Gasteiger partial charge in [-0.05, 0) is 31.0 Å². The Morgan fingerprint density at radius 2 is 1.78 bits per heavy atom. The van der Waals surface area contributed by atoms with Crippen LogP contribution in [0.25, 0.3) is 0 Å². The number of hydrogen-bond acceptors (Lipinski definition) is 6. The zero-order chi connectivity index (χ0) is 19.4. The molecule has 1 heterocycles. The second kappa shape index (κ2) is 7.86. The van der Waals surface area contributed by atoms with Crippen molar-refractivity contribution in [2.24, 2.45) is 0 Å². The molecular formula is C19H19N3O5. The van der Waals surface area contributed by atoms with Crippen LogP contribution >= 0.6 is 0 Å². The van der Waals surface area contributed by atoms with Gasteiger partial charge in [0, 0.05) is 30.8 Å². The number of para-hydroxylation sites is 2. The van der Waals surface area contributed by atoms with E-state index in [9.17, 15) is 19.7 Å². The summed E-state index contributed by atoms with van der Waals surface area (Å²) in [5.74, 6) is -1.28. The van der Waals surface area contributed by atoms with Crippen LogP contribution in [-0.4, -0.2) is 37.0 Å². The number of anilines is 2. The number of methoxy groups -OCH3 is 1. The Morgan fingerprint density at radius 1 is 1.11 bits per heavy atom. The first kappa shape index (κ1) is 18.4. The van der Waals surface area contributed by atoms with Crippen LogP contribution in [0, 0.1) is 10.1 Å². The first-order valence-corrected chi connectivity index (χ1v) is 8.52. The van der Waals surface area contributed by atoms with E-state index < -0.39 is 16.8 Å². The van der Waals surface area contributed by atoms with E-state index in [1.165, 1.54) is 13.2 Å². The molecule has 1 N–H and O–H groups in total. The fraction of sp³-hybridized carbons (Fsp3) is 0.263. The van der Waals surface area contributed by atoms with Gasteiger partial charge in [-0.25, -0.2) is 4.79 Å². The number of hydrogen-bond donors (Lipinski definition) is 1. The van der Waals surface area contributed by atoms with Crippen molar-refractivity contribution in [2.45, 2.75) is 12.8 Å². The van der Waals surface area contributed by atoms with E-state index in [4.69, 9.17) is 0 Å². The summed E-state index contributed by atoms with van der Waals surface area (Å²) in [5, 5.41) is 13.9. The topological polar surface area (TPSA) is 102 Å². The van der Waals surface area contributed by atoms with Gasteiger partial charge in [0.15, 0.2) is 0 Å². The molecule has 1 aliphatic rings. The summed E-state index contributed by atoms with van der Waals surface area (Å²) in [4.78, 5) is 37.2. The monoisotopic (exact) mass is 369 g/mol. The van der Waals surface area contributed by atoms with E-state index in [0.717, 1.165) is 43.8 Å². The zero-order valence-corrected chi connectivity index (χ0v) is 14.8. The number of carbonyl (C=O) groups is 2. The summed E-state index contributed by atoms with van der Waals surface area (Å²) in [6, 6.07) is 10.9. The lowest BCUT2D eigenvalue weighted by Gasteiger charge is -2.21. The second-order valence-electron chi connectivity index (χ2n) is 6.18. The molecule has 0 aromatic heterocycles. The van der Waals surface area contributed by atoms with Gasteiger partial charge in [0.25, 0.3) is 11.6 Å². The highest BCUT2D eigenvalue weighted by Gasteiger charge is 2.20. The standard InChI is InChI=1S/C19H19N3O5/c1-27-19(24)14-10-13(11-15(12-14)22(25)26)18(23)20-16-6-2-3-7-17(16)21-8-4-5-9-21/h2-3,6-7,10-12H,4-5,8-9H2,1H3,(H,20,23). The highest BCUT2D eigenvalue weighted by atomic mass is 16.6. The number of nitro groups is 1. The van der Waals surface area contributed by atoms with Crippen LogP contribution in [0.2, 0.25) is 0 Å². The Morgan fingerprint density at radius 3 is 2.44 bits per heavy atom. The molecule has 0 radical (unpaired) electrons. The predicted octanol–water partition coefficient (Wildman–Crippen LogP) is 3.23. The largest absolute Gasteiger partial charge is 0.465 e. The predicted molar refractivity (Wildman–Crippen MR) is 100 cm³/mol. The summed E-state index contributed by atoms with van der Waals surface area (Å²) in [5.41, 5.74) is 1.14. The lowest BCUT2D eigenvalue weighted by molar-refractivity contribution is -0.384. The number of rotatable bonds is 5. The second-order valence-corrected chi connectivity index (χ2v) is 6.18. The maximum absolute atomic E-state index is 12.7. The number of amides is 1. The summed E-state index contributed by atoms with van der Waals surface area (Å²) < 4.78 is 4.61. The Hall–Kier alpha value is -3.42. The quantitative estimate of drug-likeness (QED) is 0.493. The number of nitro benzene ring substituents is 1. The van der Waals surface area contributed by atoms with Crippen molar-refractivity contribution in [1.82, 2.24) is 0 Å². The van der Waals surface area contributed by atoms with Crippen LogP contribution in [0.15, 0.2) is 42.5 Å². The molecule has 8 heteroatoms. The molecule has 1 saturated heterocycles. The number of esters is 1. The summed E-state index contributed by atoms with van der Waals surface area (Å²) in [6.07, 6.45) is 2.19. The van der Waals surface area contributed by atoms with Crippen molar-refractivity contribution >= 4 is 28.9 Å². The highest BCUT2D eigenvalue weighted by Crippen LogP contribution is 2.29. The average Bonchev–Trinajstić information content (AvgIpc) is 3.22. The van der Waals surface area contributed by atoms with Crippen molar-refractivity contribution in [2.75, 3.05) is 30.4 Å². The number of benzene rings is 2. The molecule has 1 amide bonds. The molecule has 140 valence electrons. The van der Waals surface area contributed by atoms with Gasteiger partial charge in [0.2, 0.25) is 0 Å². The van der Waals surface area contributed by atoms with E-state index in [1.54, 1.807) is 6.07 Å². The number of non-ortho nitro benzene ring substituents is 1. The molecule has 1 fully saturated rings. The van der Waals surface area contributed by atoms with Gasteiger partial charge in [0.1, 0.15) is 0 Å². The van der Waals surface area contributed by atoms with Crippen LogP contribution in [-0.2, 0) is 4.74 Å². The summed E-state index contributed by atoms with van der Waals surface area (Å²) >= 11 is 0. The number of nitrogens with one attached hydrogen (secondary N) is 1. The van der Waals surface area contributed by atoms with E-state index in [0.29, 0.717) is 5.69 Å². The van der Waals surface area contributed by atoms with Crippen LogP contribution in [0.4, 0.5) is 17.1 Å². The lowest BCUT2D eigenvalue weighted by atomic mass is 10.1. The fourth-order valence-electron chi connectivity index (χ4n) is 3.09. The van der Waals surface area contributed by atoms with Crippen LogP contribution < -0.4 is 10.2 Å². The van der Waals surface area contributed by atoms with Crippen molar-refractivity contribution in [3.63, 3.8) is 0 Å². The van der Waals surface area contributed by atoms with Crippen molar-refractivity contribution in [1.29, 1.82) is 0 Å². The molecule has 0 saturated carbocycles. The maximum Gasteiger partial charge on any atom is 0.338 e. The minimum absolute atomic E-state index is 0.0147. The third kappa shape index (κ3) is 4.05. The van der Waals surface area contributed by atoms with Crippen molar-refractivity contribution in [3.8, 4) is 0 Å². The number of ether oxygens (including phenoxy) is 1. The fourth-order valence-corrected chi connectivity index (χ4v) is 3.09. The van der Waals surface area contributed by atoms with Gasteiger partial charge < -0.3 is 15.0 Å². The molecule has 2 aromatic rings. The molecule has 0 aliphatic carbocycles. The molecule has 0 bridgehead atoms. The minimum Gasteiger partial charge on any atom is -0.465 e. The minimum atomic E-state index is -0.745. The Kier molecular flexibility index (Phi) is 5.35. The summed E-state index contributed by atoms with van der Waals surface area (Å²) in [6.45, 7) is 1.83. The SMILES string of the molecule is COC(=O)c1cc(C(=O)Nc2ccccc2N2CCCC2)cc([N+](=O)[O-])c1. The zero-order valence-electron chi connectivity index (χ0n) is 14.8.